The van der Waals surface area contributed by atoms with Crippen LogP contribution in [0.3, 0.4) is 0 Å². The number of aromatic nitrogens is 1. The predicted octanol–water partition coefficient (Wildman–Crippen LogP) is 2.29. The summed E-state index contributed by atoms with van der Waals surface area (Å²) in [5, 5.41) is 0. The molecule has 0 aliphatic carbocycles. The first kappa shape index (κ1) is 15.7. The van der Waals surface area contributed by atoms with Crippen molar-refractivity contribution in [1.82, 2.24) is 9.88 Å². The molecular formula is C17H18N2O3. The maximum Gasteiger partial charge on any atom is 0.307 e. The van der Waals surface area contributed by atoms with Gasteiger partial charge in [0.05, 0.1) is 13.5 Å². The van der Waals surface area contributed by atoms with Crippen LogP contribution in [0.5, 0.6) is 0 Å². The molecule has 0 aliphatic heterocycles. The molecule has 0 fully saturated rings. The molecule has 5 nitrogen and oxygen atoms in total. The average Bonchev–Trinajstić information content (AvgIpc) is 2.59. The highest BCUT2D eigenvalue weighted by molar-refractivity contribution is 5.94. The maximum atomic E-state index is 12.6. The SMILES string of the molecule is COC(=O)CCN(Cc1ccccc1)C(=O)c1ccncc1. The van der Waals surface area contributed by atoms with Crippen LogP contribution >= 0.6 is 0 Å². The first-order valence-corrected chi connectivity index (χ1v) is 7.00. The minimum atomic E-state index is -0.333. The Hall–Kier alpha value is -2.69. The van der Waals surface area contributed by atoms with E-state index in [9.17, 15) is 9.59 Å². The Balaban J connectivity index is 2.13. The van der Waals surface area contributed by atoms with Gasteiger partial charge in [0, 0.05) is 31.0 Å². The molecule has 2 rings (SSSR count). The number of pyridine rings is 1. The van der Waals surface area contributed by atoms with E-state index in [0.29, 0.717) is 18.7 Å². The third-order valence-corrected chi connectivity index (χ3v) is 3.24. The Bertz CT molecular complexity index is 614. The monoisotopic (exact) mass is 298 g/mol. The van der Waals surface area contributed by atoms with Crippen LogP contribution in [0, 0.1) is 0 Å². The lowest BCUT2D eigenvalue weighted by atomic mass is 10.1. The lowest BCUT2D eigenvalue weighted by Crippen LogP contribution is -2.32. The number of rotatable bonds is 6. The summed E-state index contributed by atoms with van der Waals surface area (Å²) in [6.45, 7) is 0.752. The Morgan fingerprint density at radius 1 is 1.09 bits per heavy atom. The Kier molecular flexibility index (Phi) is 5.65. The first-order chi connectivity index (χ1) is 10.7. The third kappa shape index (κ3) is 4.41. The van der Waals surface area contributed by atoms with Crippen molar-refractivity contribution in [2.75, 3.05) is 13.7 Å². The molecule has 0 saturated heterocycles. The second-order valence-corrected chi connectivity index (χ2v) is 4.77. The van der Waals surface area contributed by atoms with Gasteiger partial charge in [0.25, 0.3) is 5.91 Å². The summed E-state index contributed by atoms with van der Waals surface area (Å²) < 4.78 is 4.65. The third-order valence-electron chi connectivity index (χ3n) is 3.24. The molecule has 22 heavy (non-hydrogen) atoms. The van der Waals surface area contributed by atoms with Gasteiger partial charge in [-0.3, -0.25) is 14.6 Å². The molecule has 1 aromatic carbocycles. The van der Waals surface area contributed by atoms with Crippen LogP contribution in [0.1, 0.15) is 22.3 Å². The van der Waals surface area contributed by atoms with Crippen molar-refractivity contribution < 1.29 is 14.3 Å². The van der Waals surface area contributed by atoms with Crippen molar-refractivity contribution in [2.45, 2.75) is 13.0 Å². The second-order valence-electron chi connectivity index (χ2n) is 4.77. The second kappa shape index (κ2) is 7.93. The molecule has 114 valence electrons. The van der Waals surface area contributed by atoms with Crippen LogP contribution in [-0.2, 0) is 16.1 Å². The zero-order valence-electron chi connectivity index (χ0n) is 12.4. The molecule has 0 atom stereocenters. The van der Waals surface area contributed by atoms with Crippen LogP contribution in [0.25, 0.3) is 0 Å². The number of nitrogens with zero attached hydrogens (tertiary/aromatic N) is 2. The van der Waals surface area contributed by atoms with Crippen LogP contribution < -0.4 is 0 Å². The molecule has 1 aromatic heterocycles. The van der Waals surface area contributed by atoms with Gasteiger partial charge in [0.2, 0.25) is 0 Å². The number of hydrogen-bond acceptors (Lipinski definition) is 4. The minimum absolute atomic E-state index is 0.129. The van der Waals surface area contributed by atoms with Gasteiger partial charge in [0.15, 0.2) is 0 Å². The number of methoxy groups -OCH3 is 1. The van der Waals surface area contributed by atoms with Crippen molar-refractivity contribution in [1.29, 1.82) is 0 Å². The van der Waals surface area contributed by atoms with Gasteiger partial charge in [-0.1, -0.05) is 30.3 Å². The summed E-state index contributed by atoms with van der Waals surface area (Å²) in [6, 6.07) is 13.0. The van der Waals surface area contributed by atoms with Gasteiger partial charge in [-0.25, -0.2) is 0 Å². The lowest BCUT2D eigenvalue weighted by molar-refractivity contribution is -0.140. The largest absolute Gasteiger partial charge is 0.469 e. The quantitative estimate of drug-likeness (QED) is 0.768. The number of hydrogen-bond donors (Lipinski definition) is 0. The summed E-state index contributed by atoms with van der Waals surface area (Å²) in [5.41, 5.74) is 1.56. The molecule has 0 N–H and O–H groups in total. The van der Waals surface area contributed by atoms with Crippen LogP contribution in [0.4, 0.5) is 0 Å². The Morgan fingerprint density at radius 3 is 2.41 bits per heavy atom. The van der Waals surface area contributed by atoms with Crippen LogP contribution in [0.2, 0.25) is 0 Å². The van der Waals surface area contributed by atoms with E-state index in [-0.39, 0.29) is 18.3 Å². The van der Waals surface area contributed by atoms with Gasteiger partial charge in [-0.15, -0.1) is 0 Å². The first-order valence-electron chi connectivity index (χ1n) is 7.00. The average molecular weight is 298 g/mol. The number of amides is 1. The van der Waals surface area contributed by atoms with Gasteiger partial charge in [-0.2, -0.15) is 0 Å². The van der Waals surface area contributed by atoms with Crippen molar-refractivity contribution in [3.8, 4) is 0 Å². The highest BCUT2D eigenvalue weighted by Crippen LogP contribution is 2.10. The van der Waals surface area contributed by atoms with Crippen molar-refractivity contribution in [3.63, 3.8) is 0 Å². The smallest absolute Gasteiger partial charge is 0.307 e. The Morgan fingerprint density at radius 2 is 1.77 bits per heavy atom. The van der Waals surface area contributed by atoms with E-state index in [1.807, 2.05) is 30.3 Å². The van der Waals surface area contributed by atoms with Crippen LogP contribution in [0.15, 0.2) is 54.9 Å². The summed E-state index contributed by atoms with van der Waals surface area (Å²) in [5.74, 6) is -0.462. The molecule has 1 heterocycles. The highest BCUT2D eigenvalue weighted by Gasteiger charge is 2.17. The van der Waals surface area contributed by atoms with E-state index in [1.165, 1.54) is 7.11 Å². The summed E-state index contributed by atoms with van der Waals surface area (Å²) in [4.78, 5) is 29.5. The number of carbonyl (C=O) groups is 2. The van der Waals surface area contributed by atoms with Crippen molar-refractivity contribution in [3.05, 3.63) is 66.0 Å². The zero-order valence-corrected chi connectivity index (χ0v) is 12.4. The van der Waals surface area contributed by atoms with E-state index < -0.39 is 0 Å². The Labute approximate surface area is 129 Å². The molecule has 0 aliphatic rings. The molecule has 1 amide bonds. The summed E-state index contributed by atoms with van der Waals surface area (Å²) >= 11 is 0. The highest BCUT2D eigenvalue weighted by atomic mass is 16.5. The topological polar surface area (TPSA) is 59.5 Å². The fraction of sp³-hybridized carbons (Fsp3) is 0.235. The minimum Gasteiger partial charge on any atom is -0.469 e. The van der Waals surface area contributed by atoms with Crippen molar-refractivity contribution >= 4 is 11.9 Å². The fourth-order valence-electron chi connectivity index (χ4n) is 2.06. The molecule has 0 saturated carbocycles. The van der Waals surface area contributed by atoms with E-state index in [4.69, 9.17) is 0 Å². The maximum absolute atomic E-state index is 12.6. The molecule has 0 unspecified atom stereocenters. The molecule has 0 bridgehead atoms. The molecule has 5 heteroatoms. The van der Waals surface area contributed by atoms with E-state index in [1.54, 1.807) is 29.4 Å². The lowest BCUT2D eigenvalue weighted by Gasteiger charge is -2.22. The van der Waals surface area contributed by atoms with Crippen molar-refractivity contribution in [2.24, 2.45) is 0 Å². The van der Waals surface area contributed by atoms with Gasteiger partial charge in [0.1, 0.15) is 0 Å². The normalized spacial score (nSPS) is 10.0. The number of benzene rings is 1. The van der Waals surface area contributed by atoms with E-state index >= 15 is 0 Å². The molecular weight excluding hydrogens is 280 g/mol. The zero-order chi connectivity index (χ0) is 15.8. The van der Waals surface area contributed by atoms with Gasteiger partial charge in [-0.05, 0) is 17.7 Å². The molecule has 0 spiro atoms. The number of carbonyl (C=O) groups excluding carboxylic acids is 2. The molecule has 2 aromatic rings. The van der Waals surface area contributed by atoms with Gasteiger partial charge >= 0.3 is 5.97 Å². The predicted molar refractivity (Wildman–Crippen MR) is 82.1 cm³/mol. The van der Waals surface area contributed by atoms with E-state index in [0.717, 1.165) is 5.56 Å². The van der Waals surface area contributed by atoms with E-state index in [2.05, 4.69) is 9.72 Å². The summed E-state index contributed by atoms with van der Waals surface area (Å²) in [6.07, 6.45) is 3.32. The fourth-order valence-corrected chi connectivity index (χ4v) is 2.06. The van der Waals surface area contributed by atoms with Crippen LogP contribution in [-0.4, -0.2) is 35.4 Å². The summed E-state index contributed by atoms with van der Waals surface area (Å²) in [7, 11) is 1.34. The van der Waals surface area contributed by atoms with Gasteiger partial charge < -0.3 is 9.64 Å². The standard InChI is InChI=1S/C17H18N2O3/c1-22-16(20)9-12-19(13-14-5-3-2-4-6-14)17(21)15-7-10-18-11-8-15/h2-8,10-11H,9,12-13H2,1H3. The molecule has 0 radical (unpaired) electrons. The number of esters is 1. The number of ether oxygens (including phenoxy) is 1.